The molecular formula is C7H12AlN3O2S. The maximum Gasteiger partial charge on any atom is 0.293 e. The van der Waals surface area contributed by atoms with Crippen LogP contribution in [0.5, 0.6) is 0 Å². The second kappa shape index (κ2) is 3.35. The molecule has 7 heteroatoms. The van der Waals surface area contributed by atoms with Gasteiger partial charge < -0.3 is 0 Å². The standard InChI is InChI=1S/C7H10N3O2S.Al.2H/c1-13(11,12)10-3-2-7-6(5-10)4-8-9-7;;;/h2-3,5H2,1H3,(H,8,9);;;. The Morgan fingerprint density at radius 2 is 2.29 bits per heavy atom. The van der Waals surface area contributed by atoms with Gasteiger partial charge in [0.25, 0.3) is 16.3 Å². The van der Waals surface area contributed by atoms with E-state index in [0.29, 0.717) is 13.1 Å². The van der Waals surface area contributed by atoms with Crippen LogP contribution < -0.4 is 4.56 Å². The van der Waals surface area contributed by atoms with Gasteiger partial charge in [-0.05, 0) is 10.1 Å². The lowest BCUT2D eigenvalue weighted by Crippen LogP contribution is -2.36. The summed E-state index contributed by atoms with van der Waals surface area (Å²) in [7, 11) is -3.06. The first-order chi connectivity index (χ1) is 6.48. The highest BCUT2D eigenvalue weighted by molar-refractivity contribution is 7.88. The SMILES string of the molecule is CS(=O)(=O)N1CCc2[nH]n[c]([AlH2])c2C1. The van der Waals surface area contributed by atoms with Crippen molar-refractivity contribution >= 4 is 30.9 Å². The van der Waals surface area contributed by atoms with E-state index < -0.39 is 10.0 Å². The van der Waals surface area contributed by atoms with Crippen LogP contribution >= 0.6 is 0 Å². The number of aromatic nitrogens is 2. The van der Waals surface area contributed by atoms with Crippen LogP contribution in [0, 0.1) is 0 Å². The van der Waals surface area contributed by atoms with Crippen molar-refractivity contribution < 1.29 is 8.42 Å². The highest BCUT2D eigenvalue weighted by Gasteiger charge is 2.25. The molecule has 1 aromatic rings. The lowest BCUT2D eigenvalue weighted by molar-refractivity contribution is 0.394. The Morgan fingerprint density at radius 3 is 2.93 bits per heavy atom. The number of hydrogen-bond donors (Lipinski definition) is 1. The van der Waals surface area contributed by atoms with Crippen molar-refractivity contribution in [1.82, 2.24) is 14.5 Å². The topological polar surface area (TPSA) is 66.1 Å². The van der Waals surface area contributed by atoms with Crippen molar-refractivity contribution in [3.8, 4) is 0 Å². The van der Waals surface area contributed by atoms with Crippen molar-refractivity contribution in [2.45, 2.75) is 13.0 Å². The van der Waals surface area contributed by atoms with Crippen molar-refractivity contribution in [3.63, 3.8) is 0 Å². The highest BCUT2D eigenvalue weighted by atomic mass is 32.2. The Hall–Kier alpha value is -0.348. The zero-order valence-electron chi connectivity index (χ0n) is 8.24. The van der Waals surface area contributed by atoms with Crippen LogP contribution in [0.2, 0.25) is 0 Å². The number of hydrogen-bond acceptors (Lipinski definition) is 3. The van der Waals surface area contributed by atoms with E-state index in [1.54, 1.807) is 0 Å². The molecule has 0 spiro atoms. The first-order valence-corrected chi connectivity index (χ1v) is 7.31. The predicted octanol–water partition coefficient (Wildman–Crippen LogP) is -2.01. The van der Waals surface area contributed by atoms with E-state index in [2.05, 4.69) is 10.2 Å². The van der Waals surface area contributed by atoms with Crippen LogP contribution in [0.4, 0.5) is 0 Å². The fourth-order valence-electron chi connectivity index (χ4n) is 1.70. The maximum atomic E-state index is 11.3. The predicted molar refractivity (Wildman–Crippen MR) is 55.7 cm³/mol. The van der Waals surface area contributed by atoms with Gasteiger partial charge in [0.05, 0.1) is 6.26 Å². The molecule has 2 rings (SSSR count). The van der Waals surface area contributed by atoms with E-state index in [4.69, 9.17) is 0 Å². The molecule has 1 aromatic heterocycles. The van der Waals surface area contributed by atoms with E-state index in [1.807, 2.05) is 0 Å². The molecule has 0 unspecified atom stereocenters. The van der Waals surface area contributed by atoms with Crippen LogP contribution in [0.1, 0.15) is 11.3 Å². The van der Waals surface area contributed by atoms with Crippen molar-refractivity contribution in [1.29, 1.82) is 0 Å². The molecule has 0 radical (unpaired) electrons. The van der Waals surface area contributed by atoms with Gasteiger partial charge in [-0.1, -0.05) is 0 Å². The quantitative estimate of drug-likeness (QED) is 0.566. The molecule has 0 atom stereocenters. The monoisotopic (exact) mass is 229 g/mol. The fraction of sp³-hybridized carbons (Fsp3) is 0.571. The lowest BCUT2D eigenvalue weighted by atomic mass is 10.1. The molecule has 0 saturated carbocycles. The fourth-order valence-corrected chi connectivity index (χ4v) is 3.05. The van der Waals surface area contributed by atoms with E-state index in [1.165, 1.54) is 10.6 Å². The molecule has 0 fully saturated rings. The molecule has 1 aliphatic rings. The average molecular weight is 229 g/mol. The van der Waals surface area contributed by atoms with Crippen LogP contribution in [0.15, 0.2) is 0 Å². The van der Waals surface area contributed by atoms with Gasteiger partial charge in [-0.15, -0.1) is 0 Å². The second-order valence-electron chi connectivity index (χ2n) is 3.61. The molecule has 76 valence electrons. The van der Waals surface area contributed by atoms with Crippen molar-refractivity contribution in [2.24, 2.45) is 0 Å². The third-order valence-electron chi connectivity index (χ3n) is 2.57. The third-order valence-corrected chi connectivity index (χ3v) is 4.65. The van der Waals surface area contributed by atoms with Gasteiger partial charge in [0.2, 0.25) is 10.0 Å². The molecule has 1 aliphatic heterocycles. The summed E-state index contributed by atoms with van der Waals surface area (Å²) in [6.07, 6.45) is 2.00. The minimum absolute atomic E-state index is 0.490. The summed E-state index contributed by atoms with van der Waals surface area (Å²) in [4.78, 5) is 0. The molecule has 0 aliphatic carbocycles. The number of aromatic amines is 1. The smallest absolute Gasteiger partial charge is 0.283 e. The van der Waals surface area contributed by atoms with Gasteiger partial charge in [0.15, 0.2) is 0 Å². The number of nitrogens with zero attached hydrogens (tertiary/aromatic N) is 2. The van der Waals surface area contributed by atoms with Gasteiger partial charge in [-0.25, -0.2) is 13.5 Å². The Balaban J connectivity index is 2.33. The third kappa shape index (κ3) is 1.73. The Morgan fingerprint density at radius 1 is 1.57 bits per heavy atom. The molecule has 0 saturated heterocycles. The molecule has 1 N–H and O–H groups in total. The Bertz CT molecular complexity index is 454. The summed E-state index contributed by atoms with van der Waals surface area (Å²) in [5.74, 6) is 0. The lowest BCUT2D eigenvalue weighted by Gasteiger charge is -2.24. The molecule has 14 heavy (non-hydrogen) atoms. The average Bonchev–Trinajstić information content (AvgIpc) is 2.46. The van der Waals surface area contributed by atoms with Crippen molar-refractivity contribution in [2.75, 3.05) is 12.8 Å². The zero-order valence-corrected chi connectivity index (χ0v) is 11.1. The molecular weight excluding hydrogens is 217 g/mol. The van der Waals surface area contributed by atoms with Gasteiger partial charge in [-0.2, -0.15) is 4.31 Å². The maximum absolute atomic E-state index is 11.3. The van der Waals surface area contributed by atoms with Crippen LogP contribution in [-0.4, -0.2) is 52.0 Å². The van der Waals surface area contributed by atoms with E-state index in [9.17, 15) is 8.42 Å². The second-order valence-corrected chi connectivity index (χ2v) is 6.54. The number of H-pyrrole nitrogens is 1. The molecule has 0 bridgehead atoms. The largest absolute Gasteiger partial charge is 0.293 e. The summed E-state index contributed by atoms with van der Waals surface area (Å²) in [6.45, 7) is 1.05. The number of rotatable bonds is 1. The number of fused-ring (bicyclic) bond motifs is 1. The minimum atomic E-state index is -3.06. The van der Waals surface area contributed by atoms with Crippen LogP contribution in [-0.2, 0) is 23.0 Å². The molecule has 2 heterocycles. The van der Waals surface area contributed by atoms with Gasteiger partial charge >= 0.3 is 0 Å². The molecule has 0 aromatic carbocycles. The summed E-state index contributed by atoms with van der Waals surface area (Å²) in [6, 6.07) is 0. The van der Waals surface area contributed by atoms with Crippen LogP contribution in [0.25, 0.3) is 0 Å². The van der Waals surface area contributed by atoms with Gasteiger partial charge in [-0.3, -0.25) is 5.10 Å². The van der Waals surface area contributed by atoms with Crippen molar-refractivity contribution in [3.05, 3.63) is 11.3 Å². The summed E-state index contributed by atoms with van der Waals surface area (Å²) in [5, 5.41) is 7.09. The van der Waals surface area contributed by atoms with Crippen LogP contribution in [0.3, 0.4) is 0 Å². The normalized spacial score (nSPS) is 18.1. The molecule has 0 amide bonds. The summed E-state index contributed by atoms with van der Waals surface area (Å²) >= 11 is 0.859. The molecule has 5 nitrogen and oxygen atoms in total. The van der Waals surface area contributed by atoms with E-state index in [-0.39, 0.29) is 0 Å². The first kappa shape index (κ1) is 10.2. The summed E-state index contributed by atoms with van der Waals surface area (Å²) in [5.41, 5.74) is 2.20. The summed E-state index contributed by atoms with van der Waals surface area (Å²) < 4.78 is 25.2. The van der Waals surface area contributed by atoms with E-state index >= 15 is 0 Å². The first-order valence-electron chi connectivity index (χ1n) is 4.46. The Labute approximate surface area is 91.0 Å². The number of nitrogens with one attached hydrogen (secondary N) is 1. The zero-order chi connectivity index (χ0) is 10.3. The highest BCUT2D eigenvalue weighted by Crippen LogP contribution is 2.16. The number of sulfonamides is 1. The van der Waals surface area contributed by atoms with E-state index in [0.717, 1.165) is 38.5 Å². The minimum Gasteiger partial charge on any atom is -0.283 e. The van der Waals surface area contributed by atoms with Gasteiger partial charge in [0, 0.05) is 25.2 Å². The Kier molecular flexibility index (Phi) is 2.43. The van der Waals surface area contributed by atoms with Gasteiger partial charge in [0.1, 0.15) is 0 Å².